The van der Waals surface area contributed by atoms with E-state index in [1.165, 1.54) is 0 Å². The molecule has 0 radical (unpaired) electrons. The van der Waals surface area contributed by atoms with Crippen LogP contribution in [0.25, 0.3) is 0 Å². The van der Waals surface area contributed by atoms with Crippen molar-refractivity contribution in [3.63, 3.8) is 0 Å². The normalized spacial score (nSPS) is 19.8. The molecular weight excluding hydrogens is 266 g/mol. The van der Waals surface area contributed by atoms with Crippen LogP contribution >= 0.6 is 11.6 Å². The topological polar surface area (TPSA) is 61.4 Å². The Bertz CT molecular complexity index is 523. The summed E-state index contributed by atoms with van der Waals surface area (Å²) >= 11 is 5.80. The summed E-state index contributed by atoms with van der Waals surface area (Å²) in [5, 5.41) is 6.25. The van der Waals surface area contributed by atoms with E-state index < -0.39 is 0 Å². The fourth-order valence-electron chi connectivity index (χ4n) is 2.52. The number of likely N-dealkylation sites (tertiary alicyclic amines) is 1. The van der Waals surface area contributed by atoms with E-state index in [0.717, 1.165) is 5.56 Å². The van der Waals surface area contributed by atoms with Crippen molar-refractivity contribution in [3.8, 4) is 0 Å². The van der Waals surface area contributed by atoms with Crippen molar-refractivity contribution in [2.75, 3.05) is 19.6 Å². The van der Waals surface area contributed by atoms with Crippen molar-refractivity contribution in [1.82, 2.24) is 15.5 Å². The van der Waals surface area contributed by atoms with Crippen LogP contribution < -0.4 is 10.6 Å². The predicted molar refractivity (Wildman–Crippen MR) is 71.0 cm³/mol. The quantitative estimate of drug-likeness (QED) is 0.840. The maximum atomic E-state index is 12.1. The van der Waals surface area contributed by atoms with Crippen LogP contribution in [0.4, 0.5) is 4.79 Å². The first-order valence-corrected chi connectivity index (χ1v) is 6.52. The van der Waals surface area contributed by atoms with Crippen LogP contribution in [0.2, 0.25) is 5.02 Å². The number of carbonyl (C=O) groups excluding carboxylic acids is 2. The van der Waals surface area contributed by atoms with Gasteiger partial charge in [-0.15, -0.1) is 0 Å². The lowest BCUT2D eigenvalue weighted by Crippen LogP contribution is -2.70. The van der Waals surface area contributed by atoms with Gasteiger partial charge in [0.05, 0.1) is 12.0 Å². The minimum atomic E-state index is -0.243. The van der Waals surface area contributed by atoms with Crippen LogP contribution in [0.3, 0.4) is 0 Å². The van der Waals surface area contributed by atoms with E-state index in [-0.39, 0.29) is 17.5 Å². The SMILES string of the molecule is O=C1NCC2(CN(C(=O)Cc3ccc(Cl)cc3)C2)N1. The van der Waals surface area contributed by atoms with E-state index in [1.807, 2.05) is 12.1 Å². The molecule has 6 heteroatoms. The number of carbonyl (C=O) groups is 2. The molecule has 2 N–H and O–H groups in total. The second-order valence-electron chi connectivity index (χ2n) is 5.14. The highest BCUT2D eigenvalue weighted by atomic mass is 35.5. The molecule has 2 fully saturated rings. The second kappa shape index (κ2) is 4.42. The van der Waals surface area contributed by atoms with Gasteiger partial charge in [-0.2, -0.15) is 0 Å². The predicted octanol–water partition coefficient (Wildman–Crippen LogP) is 0.776. The van der Waals surface area contributed by atoms with Crippen molar-refractivity contribution in [2.24, 2.45) is 0 Å². The maximum absolute atomic E-state index is 12.1. The molecule has 5 nitrogen and oxygen atoms in total. The number of amides is 3. The summed E-state index contributed by atoms with van der Waals surface area (Å²) in [6, 6.07) is 7.12. The van der Waals surface area contributed by atoms with Crippen LogP contribution in [0.15, 0.2) is 24.3 Å². The smallest absolute Gasteiger partial charge is 0.315 e. The number of benzene rings is 1. The molecule has 1 aromatic carbocycles. The third-order valence-electron chi connectivity index (χ3n) is 3.57. The molecule has 0 bridgehead atoms. The zero-order valence-corrected chi connectivity index (χ0v) is 11.0. The molecule has 19 heavy (non-hydrogen) atoms. The van der Waals surface area contributed by atoms with Gasteiger partial charge in [0.1, 0.15) is 0 Å². The van der Waals surface area contributed by atoms with Gasteiger partial charge in [0, 0.05) is 24.7 Å². The molecule has 1 spiro atoms. The Hall–Kier alpha value is -1.75. The standard InChI is InChI=1S/C13H14ClN3O2/c14-10-3-1-9(2-4-10)5-11(18)17-7-13(8-17)6-15-12(19)16-13/h1-4H,5-8H2,(H2,15,16,19). The van der Waals surface area contributed by atoms with Gasteiger partial charge in [-0.25, -0.2) is 4.79 Å². The number of hydrogen-bond donors (Lipinski definition) is 2. The molecule has 100 valence electrons. The number of rotatable bonds is 2. The largest absolute Gasteiger partial charge is 0.337 e. The highest BCUT2D eigenvalue weighted by Crippen LogP contribution is 2.24. The minimum Gasteiger partial charge on any atom is -0.337 e. The number of urea groups is 1. The van der Waals surface area contributed by atoms with Gasteiger partial charge in [-0.1, -0.05) is 23.7 Å². The Labute approximate surface area is 115 Å². The molecule has 1 aromatic rings. The van der Waals surface area contributed by atoms with E-state index in [0.29, 0.717) is 31.1 Å². The first-order chi connectivity index (χ1) is 9.06. The average Bonchev–Trinajstić information content (AvgIpc) is 2.73. The molecule has 0 unspecified atom stereocenters. The zero-order valence-electron chi connectivity index (χ0n) is 10.3. The van der Waals surface area contributed by atoms with Crippen LogP contribution in [-0.2, 0) is 11.2 Å². The van der Waals surface area contributed by atoms with Crippen molar-refractivity contribution < 1.29 is 9.59 Å². The minimum absolute atomic E-state index is 0.0779. The van der Waals surface area contributed by atoms with E-state index in [1.54, 1.807) is 17.0 Å². The van der Waals surface area contributed by atoms with Crippen molar-refractivity contribution in [3.05, 3.63) is 34.9 Å². The molecule has 2 aliphatic heterocycles. The molecule has 3 amide bonds. The van der Waals surface area contributed by atoms with Crippen LogP contribution in [0.1, 0.15) is 5.56 Å². The van der Waals surface area contributed by atoms with Crippen molar-refractivity contribution >= 4 is 23.5 Å². The van der Waals surface area contributed by atoms with Crippen molar-refractivity contribution in [2.45, 2.75) is 12.0 Å². The van der Waals surface area contributed by atoms with E-state index >= 15 is 0 Å². The molecule has 0 saturated carbocycles. The lowest BCUT2D eigenvalue weighted by molar-refractivity contribution is -0.138. The monoisotopic (exact) mass is 279 g/mol. The summed E-state index contributed by atoms with van der Waals surface area (Å²) in [6.45, 7) is 1.76. The summed E-state index contributed by atoms with van der Waals surface area (Å²) in [5.41, 5.74) is 0.705. The Balaban J connectivity index is 1.56. The van der Waals surface area contributed by atoms with Crippen molar-refractivity contribution in [1.29, 1.82) is 0 Å². The van der Waals surface area contributed by atoms with E-state index in [4.69, 9.17) is 11.6 Å². The molecule has 2 heterocycles. The van der Waals surface area contributed by atoms with E-state index in [9.17, 15) is 9.59 Å². The molecule has 2 saturated heterocycles. The molecule has 0 atom stereocenters. The summed E-state index contributed by atoms with van der Waals surface area (Å²) in [6.07, 6.45) is 0.370. The lowest BCUT2D eigenvalue weighted by atomic mass is 9.90. The van der Waals surface area contributed by atoms with Gasteiger partial charge >= 0.3 is 6.03 Å². The van der Waals surface area contributed by atoms with Gasteiger partial charge in [0.25, 0.3) is 0 Å². The summed E-state index contributed by atoms with van der Waals surface area (Å²) in [4.78, 5) is 24.9. The van der Waals surface area contributed by atoms with Gasteiger partial charge in [0.15, 0.2) is 0 Å². The third-order valence-corrected chi connectivity index (χ3v) is 3.83. The average molecular weight is 280 g/mol. The molecule has 0 aromatic heterocycles. The zero-order chi connectivity index (χ0) is 13.5. The van der Waals surface area contributed by atoms with Gasteiger partial charge < -0.3 is 15.5 Å². The molecule has 0 aliphatic carbocycles. The number of hydrogen-bond acceptors (Lipinski definition) is 2. The van der Waals surface area contributed by atoms with Crippen LogP contribution in [0.5, 0.6) is 0 Å². The number of nitrogens with one attached hydrogen (secondary N) is 2. The van der Waals surface area contributed by atoms with Crippen LogP contribution in [-0.4, -0.2) is 42.0 Å². The Morgan fingerprint density at radius 2 is 2.00 bits per heavy atom. The van der Waals surface area contributed by atoms with E-state index in [2.05, 4.69) is 10.6 Å². The first-order valence-electron chi connectivity index (χ1n) is 6.15. The highest BCUT2D eigenvalue weighted by Gasteiger charge is 2.49. The fourth-order valence-corrected chi connectivity index (χ4v) is 2.64. The number of halogens is 1. The fraction of sp³-hybridized carbons (Fsp3) is 0.385. The summed E-state index contributed by atoms with van der Waals surface area (Å²) < 4.78 is 0. The van der Waals surface area contributed by atoms with Gasteiger partial charge in [-0.05, 0) is 17.7 Å². The number of nitrogens with zero attached hydrogens (tertiary/aromatic N) is 1. The highest BCUT2D eigenvalue weighted by molar-refractivity contribution is 6.30. The lowest BCUT2D eigenvalue weighted by Gasteiger charge is -2.46. The molecular formula is C13H14ClN3O2. The summed E-state index contributed by atoms with van der Waals surface area (Å²) in [7, 11) is 0. The Kier molecular flexibility index (Phi) is 2.86. The van der Waals surface area contributed by atoms with Gasteiger partial charge in [-0.3, -0.25) is 4.79 Å². The maximum Gasteiger partial charge on any atom is 0.315 e. The molecule has 2 aliphatic rings. The summed E-state index contributed by atoms with van der Waals surface area (Å²) in [5.74, 6) is 0.0779. The molecule has 3 rings (SSSR count). The Morgan fingerprint density at radius 3 is 2.58 bits per heavy atom. The Morgan fingerprint density at radius 1 is 1.32 bits per heavy atom. The van der Waals surface area contributed by atoms with Crippen LogP contribution in [0, 0.1) is 0 Å². The third kappa shape index (κ3) is 2.38. The van der Waals surface area contributed by atoms with Gasteiger partial charge in [0.2, 0.25) is 5.91 Å². The second-order valence-corrected chi connectivity index (χ2v) is 5.58. The first kappa shape index (κ1) is 12.3.